The first-order valence-electron chi connectivity index (χ1n) is 3.47. The lowest BCUT2D eigenvalue weighted by Gasteiger charge is -2.01. The molecule has 0 bridgehead atoms. The minimum Gasteiger partial charge on any atom is -0.397 e. The van der Waals surface area contributed by atoms with Gasteiger partial charge >= 0.3 is 0 Å². The summed E-state index contributed by atoms with van der Waals surface area (Å²) in [5.74, 6) is 0. The second-order valence-electron chi connectivity index (χ2n) is 2.53. The van der Waals surface area contributed by atoms with Gasteiger partial charge in [-0.05, 0) is 19.1 Å². The standard InChI is InChI=1S/C8H9N3.2ClH/c1-6-7(9)2-3-8-10-4-5-11(6)8;;/h2-5H,9H2,1H3;2*1H. The van der Waals surface area contributed by atoms with E-state index in [1.54, 1.807) is 6.20 Å². The van der Waals surface area contributed by atoms with Crippen LogP contribution >= 0.6 is 24.8 Å². The summed E-state index contributed by atoms with van der Waals surface area (Å²) in [5.41, 5.74) is 8.48. The van der Waals surface area contributed by atoms with E-state index >= 15 is 0 Å². The highest BCUT2D eigenvalue weighted by Gasteiger charge is 1.98. The van der Waals surface area contributed by atoms with Crippen LogP contribution in [0.1, 0.15) is 5.69 Å². The summed E-state index contributed by atoms with van der Waals surface area (Å²) < 4.78 is 1.97. The highest BCUT2D eigenvalue weighted by Crippen LogP contribution is 2.11. The molecule has 2 N–H and O–H groups in total. The molecular weight excluding hydrogens is 209 g/mol. The molecule has 0 spiro atoms. The first-order chi connectivity index (χ1) is 5.29. The zero-order valence-corrected chi connectivity index (χ0v) is 8.73. The fourth-order valence-electron chi connectivity index (χ4n) is 1.15. The lowest BCUT2D eigenvalue weighted by molar-refractivity contribution is 1.10. The van der Waals surface area contributed by atoms with Crippen LogP contribution in [0, 0.1) is 6.92 Å². The Morgan fingerprint density at radius 1 is 1.31 bits per heavy atom. The van der Waals surface area contributed by atoms with E-state index in [0.29, 0.717) is 0 Å². The van der Waals surface area contributed by atoms with Crippen molar-refractivity contribution in [3.63, 3.8) is 0 Å². The van der Waals surface area contributed by atoms with Crippen LogP contribution in [-0.2, 0) is 0 Å². The van der Waals surface area contributed by atoms with Gasteiger partial charge in [0.05, 0.1) is 5.69 Å². The Balaban J connectivity index is 0.000000720. The van der Waals surface area contributed by atoms with E-state index < -0.39 is 0 Å². The number of rotatable bonds is 0. The van der Waals surface area contributed by atoms with E-state index in [1.807, 2.05) is 29.7 Å². The summed E-state index contributed by atoms with van der Waals surface area (Å²) >= 11 is 0. The SMILES string of the molecule is Cc1c(N)ccc2nccn12.Cl.Cl. The van der Waals surface area contributed by atoms with Gasteiger partial charge in [0, 0.05) is 18.1 Å². The predicted octanol–water partition coefficient (Wildman–Crippen LogP) is 2.07. The maximum atomic E-state index is 5.70. The van der Waals surface area contributed by atoms with E-state index in [4.69, 9.17) is 5.73 Å². The Hall–Kier alpha value is -0.930. The van der Waals surface area contributed by atoms with Crippen LogP contribution in [0.5, 0.6) is 0 Å². The highest BCUT2D eigenvalue weighted by atomic mass is 35.5. The topological polar surface area (TPSA) is 43.3 Å². The maximum absolute atomic E-state index is 5.70. The molecule has 0 aromatic carbocycles. The van der Waals surface area contributed by atoms with Crippen molar-refractivity contribution in [1.82, 2.24) is 9.38 Å². The molecule has 2 heterocycles. The molecule has 2 aromatic heterocycles. The van der Waals surface area contributed by atoms with Gasteiger partial charge in [-0.3, -0.25) is 0 Å². The monoisotopic (exact) mass is 219 g/mol. The number of nitrogen functional groups attached to an aromatic ring is 1. The van der Waals surface area contributed by atoms with Gasteiger partial charge in [-0.15, -0.1) is 24.8 Å². The Bertz CT molecular complexity index is 397. The molecule has 2 rings (SSSR count). The van der Waals surface area contributed by atoms with Crippen molar-refractivity contribution >= 4 is 36.1 Å². The lowest BCUT2D eigenvalue weighted by atomic mass is 10.3. The fraction of sp³-hybridized carbons (Fsp3) is 0.125. The second kappa shape index (κ2) is 4.35. The zero-order valence-electron chi connectivity index (χ0n) is 7.10. The summed E-state index contributed by atoms with van der Waals surface area (Å²) in [4.78, 5) is 4.13. The van der Waals surface area contributed by atoms with Crippen LogP contribution < -0.4 is 5.73 Å². The lowest BCUT2D eigenvalue weighted by Crippen LogP contribution is -1.96. The quantitative estimate of drug-likeness (QED) is 0.738. The van der Waals surface area contributed by atoms with Gasteiger partial charge in [0.2, 0.25) is 0 Å². The molecule has 2 aromatic rings. The molecule has 0 unspecified atom stereocenters. The van der Waals surface area contributed by atoms with Crippen molar-refractivity contribution in [3.8, 4) is 0 Å². The Labute approximate surface area is 88.8 Å². The number of hydrogen-bond donors (Lipinski definition) is 1. The zero-order chi connectivity index (χ0) is 7.84. The van der Waals surface area contributed by atoms with Crippen LogP contribution in [0.3, 0.4) is 0 Å². The summed E-state index contributed by atoms with van der Waals surface area (Å²) in [6.45, 7) is 1.98. The van der Waals surface area contributed by atoms with Gasteiger partial charge in [0.1, 0.15) is 5.65 Å². The third-order valence-electron chi connectivity index (χ3n) is 1.86. The molecule has 0 aliphatic heterocycles. The van der Waals surface area contributed by atoms with E-state index in [9.17, 15) is 0 Å². The van der Waals surface area contributed by atoms with Gasteiger partial charge < -0.3 is 10.1 Å². The van der Waals surface area contributed by atoms with Crippen LogP contribution in [0.15, 0.2) is 24.5 Å². The Morgan fingerprint density at radius 2 is 2.00 bits per heavy atom. The third kappa shape index (κ3) is 1.87. The van der Waals surface area contributed by atoms with Crippen molar-refractivity contribution in [2.75, 3.05) is 5.73 Å². The van der Waals surface area contributed by atoms with E-state index in [0.717, 1.165) is 17.0 Å². The van der Waals surface area contributed by atoms with Crippen LogP contribution in [0.4, 0.5) is 5.69 Å². The number of pyridine rings is 1. The minimum absolute atomic E-state index is 0. The first kappa shape index (κ1) is 12.1. The molecule has 0 amide bonds. The number of nitrogens with zero attached hydrogens (tertiary/aromatic N) is 2. The Kier molecular flexibility index (Phi) is 4.04. The molecule has 0 saturated heterocycles. The average Bonchev–Trinajstić information content (AvgIpc) is 2.45. The predicted molar refractivity (Wildman–Crippen MR) is 58.8 cm³/mol. The van der Waals surface area contributed by atoms with Gasteiger partial charge in [0.15, 0.2) is 0 Å². The highest BCUT2D eigenvalue weighted by molar-refractivity contribution is 5.85. The fourth-order valence-corrected chi connectivity index (χ4v) is 1.15. The van der Waals surface area contributed by atoms with E-state index in [1.165, 1.54) is 0 Å². The van der Waals surface area contributed by atoms with Crippen molar-refractivity contribution in [2.45, 2.75) is 6.92 Å². The minimum atomic E-state index is 0. The number of aromatic nitrogens is 2. The van der Waals surface area contributed by atoms with Gasteiger partial charge in [-0.2, -0.15) is 0 Å². The molecule has 13 heavy (non-hydrogen) atoms. The van der Waals surface area contributed by atoms with Crippen LogP contribution in [-0.4, -0.2) is 9.38 Å². The molecule has 3 nitrogen and oxygen atoms in total. The molecule has 72 valence electrons. The molecule has 0 atom stereocenters. The van der Waals surface area contributed by atoms with Crippen molar-refractivity contribution in [1.29, 1.82) is 0 Å². The number of aryl methyl sites for hydroxylation is 1. The number of fused-ring (bicyclic) bond motifs is 1. The number of anilines is 1. The van der Waals surface area contributed by atoms with Crippen molar-refractivity contribution < 1.29 is 0 Å². The maximum Gasteiger partial charge on any atom is 0.136 e. The van der Waals surface area contributed by atoms with Gasteiger partial charge in [0.25, 0.3) is 0 Å². The van der Waals surface area contributed by atoms with Crippen molar-refractivity contribution in [3.05, 3.63) is 30.2 Å². The van der Waals surface area contributed by atoms with Gasteiger partial charge in [-0.1, -0.05) is 0 Å². The van der Waals surface area contributed by atoms with E-state index in [-0.39, 0.29) is 24.8 Å². The second-order valence-corrected chi connectivity index (χ2v) is 2.53. The molecule has 5 heteroatoms. The normalized spacial score (nSPS) is 9.00. The number of nitrogens with two attached hydrogens (primary N) is 1. The first-order valence-corrected chi connectivity index (χ1v) is 3.47. The number of hydrogen-bond acceptors (Lipinski definition) is 2. The average molecular weight is 220 g/mol. The third-order valence-corrected chi connectivity index (χ3v) is 1.86. The van der Waals surface area contributed by atoms with Gasteiger partial charge in [-0.25, -0.2) is 4.98 Å². The summed E-state index contributed by atoms with van der Waals surface area (Å²) in [5, 5.41) is 0. The number of halogens is 2. The Morgan fingerprint density at radius 3 is 2.69 bits per heavy atom. The molecule has 0 aliphatic rings. The summed E-state index contributed by atoms with van der Waals surface area (Å²) in [6.07, 6.45) is 3.67. The van der Waals surface area contributed by atoms with Crippen LogP contribution in [0.25, 0.3) is 5.65 Å². The molecule has 0 radical (unpaired) electrons. The molecular formula is C8H11Cl2N3. The summed E-state index contributed by atoms with van der Waals surface area (Å²) in [6, 6.07) is 3.78. The largest absolute Gasteiger partial charge is 0.397 e. The smallest absolute Gasteiger partial charge is 0.136 e. The molecule has 0 aliphatic carbocycles. The molecule has 0 fully saturated rings. The molecule has 0 saturated carbocycles. The van der Waals surface area contributed by atoms with E-state index in [2.05, 4.69) is 4.98 Å². The van der Waals surface area contributed by atoms with Crippen molar-refractivity contribution in [2.24, 2.45) is 0 Å². The number of imidazole rings is 1. The van der Waals surface area contributed by atoms with Crippen LogP contribution in [0.2, 0.25) is 0 Å². The summed E-state index contributed by atoms with van der Waals surface area (Å²) in [7, 11) is 0.